The first-order valence-electron chi connectivity index (χ1n) is 5.78. The average Bonchev–Trinajstić information content (AvgIpc) is 2.47. The summed E-state index contributed by atoms with van der Waals surface area (Å²) < 4.78 is 5.17. The standard InChI is InChI=1S/C14H11NO5/c16-14(12-4-2-1-3-5-12)20-13-8-6-11(7-9-13)10-19-15(17)18/h1-9H,10H2. The van der Waals surface area contributed by atoms with Crippen molar-refractivity contribution < 1.29 is 19.5 Å². The second-order valence-corrected chi connectivity index (χ2v) is 3.90. The third kappa shape index (κ3) is 3.81. The van der Waals surface area contributed by atoms with Gasteiger partial charge in [0.15, 0.2) is 0 Å². The van der Waals surface area contributed by atoms with Crippen LogP contribution in [0, 0.1) is 10.1 Å². The first-order chi connectivity index (χ1) is 9.65. The van der Waals surface area contributed by atoms with Gasteiger partial charge in [-0.3, -0.25) is 0 Å². The molecule has 0 aliphatic rings. The molecule has 0 fully saturated rings. The van der Waals surface area contributed by atoms with Crippen LogP contribution in [0.15, 0.2) is 54.6 Å². The van der Waals surface area contributed by atoms with Gasteiger partial charge in [0.1, 0.15) is 12.4 Å². The van der Waals surface area contributed by atoms with Gasteiger partial charge in [-0.25, -0.2) is 4.79 Å². The zero-order chi connectivity index (χ0) is 14.4. The molecule has 0 atom stereocenters. The van der Waals surface area contributed by atoms with Crippen LogP contribution in [-0.2, 0) is 11.4 Å². The van der Waals surface area contributed by atoms with Crippen molar-refractivity contribution in [2.24, 2.45) is 0 Å². The largest absolute Gasteiger partial charge is 0.423 e. The molecule has 102 valence electrons. The number of ether oxygens (including phenoxy) is 1. The Labute approximate surface area is 114 Å². The van der Waals surface area contributed by atoms with Crippen LogP contribution in [0.5, 0.6) is 5.75 Å². The third-order valence-electron chi connectivity index (χ3n) is 2.48. The van der Waals surface area contributed by atoms with Gasteiger partial charge in [-0.15, -0.1) is 10.1 Å². The Bertz CT molecular complexity index is 595. The van der Waals surface area contributed by atoms with Gasteiger partial charge in [0.05, 0.1) is 5.56 Å². The Kier molecular flexibility index (Phi) is 4.28. The lowest BCUT2D eigenvalue weighted by atomic mass is 10.2. The van der Waals surface area contributed by atoms with Gasteiger partial charge >= 0.3 is 5.97 Å². The maximum absolute atomic E-state index is 11.8. The first-order valence-corrected chi connectivity index (χ1v) is 5.78. The van der Waals surface area contributed by atoms with E-state index >= 15 is 0 Å². The van der Waals surface area contributed by atoms with E-state index in [9.17, 15) is 14.9 Å². The van der Waals surface area contributed by atoms with E-state index < -0.39 is 11.1 Å². The van der Waals surface area contributed by atoms with Crippen LogP contribution in [0.4, 0.5) is 0 Å². The Balaban J connectivity index is 1.97. The number of rotatable bonds is 5. The van der Waals surface area contributed by atoms with E-state index in [4.69, 9.17) is 4.74 Å². The van der Waals surface area contributed by atoms with Crippen molar-refractivity contribution in [3.63, 3.8) is 0 Å². The van der Waals surface area contributed by atoms with Crippen LogP contribution in [0.3, 0.4) is 0 Å². The summed E-state index contributed by atoms with van der Waals surface area (Å²) in [5.74, 6) is -0.0939. The molecule has 0 aromatic heterocycles. The van der Waals surface area contributed by atoms with Crippen LogP contribution < -0.4 is 4.74 Å². The predicted octanol–water partition coefficient (Wildman–Crippen LogP) is 2.61. The lowest BCUT2D eigenvalue weighted by Crippen LogP contribution is -2.08. The molecule has 6 nitrogen and oxygen atoms in total. The van der Waals surface area contributed by atoms with Crippen LogP contribution in [-0.4, -0.2) is 11.1 Å². The quantitative estimate of drug-likeness (QED) is 0.362. The normalized spacial score (nSPS) is 9.80. The Morgan fingerprint density at radius 3 is 2.30 bits per heavy atom. The number of carbonyl (C=O) groups is 1. The van der Waals surface area contributed by atoms with Crippen molar-refractivity contribution >= 4 is 5.97 Å². The SMILES string of the molecule is O=C(Oc1ccc(CO[N+](=O)[O-])cc1)c1ccccc1. The molecule has 0 unspecified atom stereocenters. The minimum absolute atomic E-state index is 0.139. The zero-order valence-corrected chi connectivity index (χ0v) is 10.4. The summed E-state index contributed by atoms with van der Waals surface area (Å²) in [5, 5.41) is 9.20. The number of nitrogens with zero attached hydrogens (tertiary/aromatic N) is 1. The first kappa shape index (κ1) is 13.5. The van der Waals surface area contributed by atoms with Crippen LogP contribution in [0.2, 0.25) is 0 Å². The van der Waals surface area contributed by atoms with Crippen molar-refractivity contribution in [2.45, 2.75) is 6.61 Å². The van der Waals surface area contributed by atoms with Crippen molar-refractivity contribution in [3.8, 4) is 5.75 Å². The second-order valence-electron chi connectivity index (χ2n) is 3.90. The molecule has 0 heterocycles. The fraction of sp³-hybridized carbons (Fsp3) is 0.0714. The van der Waals surface area contributed by atoms with Crippen molar-refractivity contribution in [3.05, 3.63) is 75.8 Å². The number of esters is 1. The van der Waals surface area contributed by atoms with E-state index in [0.29, 0.717) is 16.9 Å². The molecule has 2 aromatic rings. The highest BCUT2D eigenvalue weighted by atomic mass is 16.9. The molecule has 0 radical (unpaired) electrons. The number of hydrogen-bond acceptors (Lipinski definition) is 5. The van der Waals surface area contributed by atoms with E-state index in [1.54, 1.807) is 54.6 Å². The number of hydrogen-bond donors (Lipinski definition) is 0. The van der Waals surface area contributed by atoms with E-state index in [1.165, 1.54) is 0 Å². The summed E-state index contributed by atoms with van der Waals surface area (Å²) in [6.45, 7) is -0.139. The van der Waals surface area contributed by atoms with Gasteiger partial charge in [-0.2, -0.15) is 0 Å². The predicted molar refractivity (Wildman–Crippen MR) is 69.6 cm³/mol. The Morgan fingerprint density at radius 2 is 1.70 bits per heavy atom. The van der Waals surface area contributed by atoms with Crippen molar-refractivity contribution in [1.82, 2.24) is 0 Å². The smallest absolute Gasteiger partial charge is 0.343 e. The maximum atomic E-state index is 11.8. The topological polar surface area (TPSA) is 78.7 Å². The second kappa shape index (κ2) is 6.33. The summed E-state index contributed by atoms with van der Waals surface area (Å²) in [4.78, 5) is 26.1. The fourth-order valence-corrected chi connectivity index (χ4v) is 1.52. The van der Waals surface area contributed by atoms with Gasteiger partial charge in [0.2, 0.25) is 0 Å². The van der Waals surface area contributed by atoms with E-state index in [1.807, 2.05) is 0 Å². The zero-order valence-electron chi connectivity index (χ0n) is 10.4. The van der Waals surface area contributed by atoms with Crippen LogP contribution in [0.25, 0.3) is 0 Å². The van der Waals surface area contributed by atoms with E-state index in [0.717, 1.165) is 0 Å². The Morgan fingerprint density at radius 1 is 1.05 bits per heavy atom. The average molecular weight is 273 g/mol. The third-order valence-corrected chi connectivity index (χ3v) is 2.48. The van der Waals surface area contributed by atoms with Crippen LogP contribution in [0.1, 0.15) is 15.9 Å². The molecule has 2 aromatic carbocycles. The molecule has 0 spiro atoms. The molecule has 0 saturated heterocycles. The molecule has 0 aliphatic carbocycles. The molecule has 0 saturated carbocycles. The molecule has 2 rings (SSSR count). The lowest BCUT2D eigenvalue weighted by molar-refractivity contribution is -0.763. The van der Waals surface area contributed by atoms with Gasteiger partial charge in [-0.1, -0.05) is 30.3 Å². The number of carbonyl (C=O) groups excluding carboxylic acids is 1. The van der Waals surface area contributed by atoms with E-state index in [-0.39, 0.29) is 6.61 Å². The highest BCUT2D eigenvalue weighted by molar-refractivity contribution is 5.90. The molecule has 0 N–H and O–H groups in total. The molecule has 20 heavy (non-hydrogen) atoms. The Hall–Kier alpha value is -2.89. The highest BCUT2D eigenvalue weighted by Gasteiger charge is 2.07. The number of benzene rings is 2. The lowest BCUT2D eigenvalue weighted by Gasteiger charge is -2.05. The van der Waals surface area contributed by atoms with Crippen LogP contribution >= 0.6 is 0 Å². The maximum Gasteiger partial charge on any atom is 0.343 e. The molecule has 6 heteroatoms. The molecule has 0 aliphatic heterocycles. The summed E-state index contributed by atoms with van der Waals surface area (Å²) in [6, 6.07) is 14.9. The van der Waals surface area contributed by atoms with Gasteiger partial charge < -0.3 is 9.57 Å². The molecular formula is C14H11NO5. The van der Waals surface area contributed by atoms with Gasteiger partial charge in [0.25, 0.3) is 5.09 Å². The summed E-state index contributed by atoms with van der Waals surface area (Å²) in [6.07, 6.45) is 0. The monoisotopic (exact) mass is 273 g/mol. The highest BCUT2D eigenvalue weighted by Crippen LogP contribution is 2.14. The van der Waals surface area contributed by atoms with E-state index in [2.05, 4.69) is 4.84 Å². The van der Waals surface area contributed by atoms with Gasteiger partial charge in [-0.05, 0) is 29.8 Å². The van der Waals surface area contributed by atoms with Crippen molar-refractivity contribution in [1.29, 1.82) is 0 Å². The molecule has 0 amide bonds. The molecular weight excluding hydrogens is 262 g/mol. The summed E-state index contributed by atoms with van der Waals surface area (Å²) >= 11 is 0. The minimum atomic E-state index is -0.858. The summed E-state index contributed by atoms with van der Waals surface area (Å²) in [7, 11) is 0. The fourth-order valence-electron chi connectivity index (χ4n) is 1.52. The molecule has 0 bridgehead atoms. The van der Waals surface area contributed by atoms with Crippen molar-refractivity contribution in [2.75, 3.05) is 0 Å². The van der Waals surface area contributed by atoms with Gasteiger partial charge in [0, 0.05) is 0 Å². The minimum Gasteiger partial charge on any atom is -0.423 e. The summed E-state index contributed by atoms with van der Waals surface area (Å²) in [5.41, 5.74) is 1.06.